The number of hydrogen-bond donors (Lipinski definition) is 3. The lowest BCUT2D eigenvalue weighted by molar-refractivity contribution is -0.137. The van der Waals surface area contributed by atoms with Crippen molar-refractivity contribution < 1.29 is 19.8 Å². The van der Waals surface area contributed by atoms with Crippen LogP contribution in [0.1, 0.15) is 18.4 Å². The second-order valence-corrected chi connectivity index (χ2v) is 6.65. The van der Waals surface area contributed by atoms with Gasteiger partial charge in [-0.3, -0.25) is 19.6 Å². The number of fused-ring (bicyclic) bond motifs is 1. The Morgan fingerprint density at radius 1 is 1.27 bits per heavy atom. The minimum absolute atomic E-state index is 0.0876. The third kappa shape index (κ3) is 3.97. The van der Waals surface area contributed by atoms with E-state index in [4.69, 9.17) is 10.8 Å². The minimum Gasteiger partial charge on any atom is -0.481 e. The normalized spacial score (nSPS) is 21.1. The Morgan fingerprint density at radius 3 is 2.85 bits per heavy atom. The van der Waals surface area contributed by atoms with Crippen molar-refractivity contribution in [3.05, 3.63) is 36.2 Å². The van der Waals surface area contributed by atoms with Gasteiger partial charge in [0.25, 0.3) is 0 Å². The molecule has 3 rings (SSSR count). The number of aliphatic carboxylic acids is 1. The van der Waals surface area contributed by atoms with Crippen molar-refractivity contribution in [2.24, 2.45) is 11.7 Å². The smallest absolute Gasteiger partial charge is 0.303 e. The fourth-order valence-electron chi connectivity index (χ4n) is 3.35. The van der Waals surface area contributed by atoms with E-state index in [1.54, 1.807) is 12.4 Å². The van der Waals surface area contributed by atoms with Crippen LogP contribution in [0.25, 0.3) is 11.0 Å². The highest BCUT2D eigenvalue weighted by atomic mass is 16.4. The number of carbonyl (C=O) groups is 2. The highest BCUT2D eigenvalue weighted by Crippen LogP contribution is 2.25. The van der Waals surface area contributed by atoms with Crippen LogP contribution in [0.3, 0.4) is 0 Å². The van der Waals surface area contributed by atoms with E-state index in [0.717, 1.165) is 16.6 Å². The molecule has 3 atom stereocenters. The van der Waals surface area contributed by atoms with Crippen LogP contribution in [0, 0.1) is 5.92 Å². The lowest BCUT2D eigenvalue weighted by Crippen LogP contribution is -2.43. The van der Waals surface area contributed by atoms with E-state index in [0.29, 0.717) is 13.0 Å². The standard InChI is InChI=1S/C18H22N4O4/c19-13(3-4-16(24)25)18(26)22-9-12(15(23)10-22)8-11-5-7-20-14-2-1-6-21-17(11)14/h1-2,5-7,12-13,15,23H,3-4,8-10,19H2,(H,24,25)/t12-,13-,15+/m0/s1. The number of amides is 1. The van der Waals surface area contributed by atoms with Gasteiger partial charge < -0.3 is 20.8 Å². The molecule has 0 unspecified atom stereocenters. The topological polar surface area (TPSA) is 130 Å². The second kappa shape index (κ2) is 7.76. The molecule has 0 radical (unpaired) electrons. The van der Waals surface area contributed by atoms with Gasteiger partial charge in [0.2, 0.25) is 5.91 Å². The van der Waals surface area contributed by atoms with Gasteiger partial charge in [0, 0.05) is 37.8 Å². The molecule has 0 bridgehead atoms. The van der Waals surface area contributed by atoms with Crippen molar-refractivity contribution in [3.8, 4) is 0 Å². The Morgan fingerprint density at radius 2 is 2.08 bits per heavy atom. The lowest BCUT2D eigenvalue weighted by Gasteiger charge is -2.20. The summed E-state index contributed by atoms with van der Waals surface area (Å²) in [6.07, 6.45) is 3.27. The molecule has 0 saturated carbocycles. The predicted molar refractivity (Wildman–Crippen MR) is 94.2 cm³/mol. The number of aliphatic hydroxyl groups excluding tert-OH is 1. The van der Waals surface area contributed by atoms with Crippen LogP contribution in [-0.2, 0) is 16.0 Å². The molecule has 1 fully saturated rings. The molecule has 138 valence electrons. The Hall–Kier alpha value is -2.58. The summed E-state index contributed by atoms with van der Waals surface area (Å²) in [5.41, 5.74) is 8.37. The Balaban J connectivity index is 1.67. The highest BCUT2D eigenvalue weighted by molar-refractivity contribution is 5.82. The predicted octanol–water partition coefficient (Wildman–Crippen LogP) is 0.184. The fraction of sp³-hybridized carbons (Fsp3) is 0.444. The van der Waals surface area contributed by atoms with E-state index in [1.807, 2.05) is 18.2 Å². The van der Waals surface area contributed by atoms with Gasteiger partial charge in [0.1, 0.15) is 0 Å². The molecular weight excluding hydrogens is 336 g/mol. The number of aliphatic hydroxyl groups is 1. The molecule has 3 heterocycles. The van der Waals surface area contributed by atoms with Crippen molar-refractivity contribution >= 4 is 22.9 Å². The summed E-state index contributed by atoms with van der Waals surface area (Å²) in [5.74, 6) is -1.42. The summed E-state index contributed by atoms with van der Waals surface area (Å²) < 4.78 is 0. The zero-order chi connectivity index (χ0) is 18.7. The third-order valence-electron chi connectivity index (χ3n) is 4.77. The zero-order valence-corrected chi connectivity index (χ0v) is 14.3. The van der Waals surface area contributed by atoms with Gasteiger partial charge >= 0.3 is 5.97 Å². The van der Waals surface area contributed by atoms with Gasteiger partial charge in [-0.15, -0.1) is 0 Å². The van der Waals surface area contributed by atoms with E-state index in [2.05, 4.69) is 9.97 Å². The summed E-state index contributed by atoms with van der Waals surface area (Å²) in [6, 6.07) is 4.72. The highest BCUT2D eigenvalue weighted by Gasteiger charge is 2.36. The Labute approximate surface area is 150 Å². The average Bonchev–Trinajstić information content (AvgIpc) is 3.00. The SMILES string of the molecule is N[C@@H](CCC(=O)O)C(=O)N1C[C@H](Cc2ccnc3cccnc23)[C@H](O)C1. The molecule has 26 heavy (non-hydrogen) atoms. The maximum atomic E-state index is 12.4. The summed E-state index contributed by atoms with van der Waals surface area (Å²) >= 11 is 0. The van der Waals surface area contributed by atoms with Gasteiger partial charge in [-0.2, -0.15) is 0 Å². The maximum Gasteiger partial charge on any atom is 0.303 e. The summed E-state index contributed by atoms with van der Waals surface area (Å²) in [5, 5.41) is 19.1. The number of pyridine rings is 2. The Kier molecular flexibility index (Phi) is 5.43. The first kappa shape index (κ1) is 18.2. The zero-order valence-electron chi connectivity index (χ0n) is 14.3. The van der Waals surface area contributed by atoms with Gasteiger partial charge in [0.05, 0.1) is 23.2 Å². The van der Waals surface area contributed by atoms with Crippen molar-refractivity contribution in [2.75, 3.05) is 13.1 Å². The van der Waals surface area contributed by atoms with Gasteiger partial charge in [0.15, 0.2) is 0 Å². The van der Waals surface area contributed by atoms with Crippen molar-refractivity contribution in [1.82, 2.24) is 14.9 Å². The molecule has 8 nitrogen and oxygen atoms in total. The molecule has 0 aromatic carbocycles. The Bertz CT molecular complexity index is 807. The van der Waals surface area contributed by atoms with Crippen molar-refractivity contribution in [3.63, 3.8) is 0 Å². The number of carbonyl (C=O) groups excluding carboxylic acids is 1. The van der Waals surface area contributed by atoms with E-state index in [9.17, 15) is 14.7 Å². The number of carboxylic acid groups (broad SMARTS) is 1. The molecule has 2 aromatic rings. The molecular formula is C18H22N4O4. The molecule has 2 aromatic heterocycles. The summed E-state index contributed by atoms with van der Waals surface area (Å²) in [4.78, 5) is 33.2. The quantitative estimate of drug-likeness (QED) is 0.672. The first-order valence-electron chi connectivity index (χ1n) is 8.58. The van der Waals surface area contributed by atoms with Crippen LogP contribution in [0.2, 0.25) is 0 Å². The van der Waals surface area contributed by atoms with Crippen LogP contribution < -0.4 is 5.73 Å². The molecule has 1 aliphatic heterocycles. The first-order valence-corrected chi connectivity index (χ1v) is 8.58. The van der Waals surface area contributed by atoms with Crippen LogP contribution in [0.15, 0.2) is 30.6 Å². The number of hydrogen-bond acceptors (Lipinski definition) is 6. The third-order valence-corrected chi connectivity index (χ3v) is 4.77. The fourth-order valence-corrected chi connectivity index (χ4v) is 3.35. The number of β-amino-alcohol motifs (C(OH)–C–C–N with tert-alkyl or cyclic N) is 1. The number of nitrogens with two attached hydrogens (primary N) is 1. The second-order valence-electron chi connectivity index (χ2n) is 6.65. The molecule has 4 N–H and O–H groups in total. The molecule has 1 amide bonds. The number of aromatic nitrogens is 2. The van der Waals surface area contributed by atoms with Gasteiger partial charge in [-0.05, 0) is 36.6 Å². The molecule has 8 heteroatoms. The van der Waals surface area contributed by atoms with Crippen LogP contribution in [0.4, 0.5) is 0 Å². The van der Waals surface area contributed by atoms with E-state index >= 15 is 0 Å². The monoisotopic (exact) mass is 358 g/mol. The van der Waals surface area contributed by atoms with E-state index in [-0.39, 0.29) is 31.2 Å². The van der Waals surface area contributed by atoms with Crippen LogP contribution in [-0.4, -0.2) is 62.2 Å². The lowest BCUT2D eigenvalue weighted by atomic mass is 9.96. The summed E-state index contributed by atoms with van der Waals surface area (Å²) in [7, 11) is 0. The molecule has 1 saturated heterocycles. The molecule has 0 spiro atoms. The maximum absolute atomic E-state index is 12.4. The number of likely N-dealkylation sites (tertiary alicyclic amines) is 1. The largest absolute Gasteiger partial charge is 0.481 e. The number of nitrogens with zero attached hydrogens (tertiary/aromatic N) is 3. The van der Waals surface area contributed by atoms with Crippen LogP contribution >= 0.6 is 0 Å². The van der Waals surface area contributed by atoms with E-state index in [1.165, 1.54) is 4.90 Å². The number of rotatable bonds is 6. The van der Waals surface area contributed by atoms with E-state index < -0.39 is 18.1 Å². The van der Waals surface area contributed by atoms with Crippen molar-refractivity contribution in [1.29, 1.82) is 0 Å². The van der Waals surface area contributed by atoms with Gasteiger partial charge in [-0.1, -0.05) is 0 Å². The number of carboxylic acids is 1. The van der Waals surface area contributed by atoms with Crippen LogP contribution in [0.5, 0.6) is 0 Å². The minimum atomic E-state index is -0.982. The summed E-state index contributed by atoms with van der Waals surface area (Å²) in [6.45, 7) is 0.595. The van der Waals surface area contributed by atoms with Crippen molar-refractivity contribution in [2.45, 2.75) is 31.4 Å². The molecule has 1 aliphatic rings. The molecule has 0 aliphatic carbocycles. The first-order chi connectivity index (χ1) is 12.5. The average molecular weight is 358 g/mol. The van der Waals surface area contributed by atoms with Gasteiger partial charge in [-0.25, -0.2) is 0 Å².